The molecular formula is C18H18ClN3O8. The summed E-state index contributed by atoms with van der Waals surface area (Å²) in [6.07, 6.45) is -2.59. The first-order chi connectivity index (χ1) is 14.3. The van der Waals surface area contributed by atoms with Crippen LogP contribution < -0.4 is 26.0 Å². The number of hydrogen-bond acceptors (Lipinski definition) is 8. The van der Waals surface area contributed by atoms with E-state index in [0.29, 0.717) is 11.5 Å². The molecule has 1 saturated heterocycles. The second-order valence-corrected chi connectivity index (χ2v) is 7.30. The number of rotatable bonds is 4. The highest BCUT2D eigenvalue weighted by Crippen LogP contribution is 2.32. The molecule has 1 aromatic carbocycles. The number of aromatic nitrogens is 2. The highest BCUT2D eigenvalue weighted by molar-refractivity contribution is 6.30. The van der Waals surface area contributed by atoms with Crippen molar-refractivity contribution < 1.29 is 29.2 Å². The largest absolute Gasteiger partial charge is 0.454 e. The first-order valence-electron chi connectivity index (χ1n) is 9.01. The fourth-order valence-corrected chi connectivity index (χ4v) is 3.44. The van der Waals surface area contributed by atoms with Gasteiger partial charge in [0.15, 0.2) is 11.5 Å². The van der Waals surface area contributed by atoms with Crippen LogP contribution in [-0.4, -0.2) is 63.4 Å². The summed E-state index contributed by atoms with van der Waals surface area (Å²) in [4.78, 5) is 37.8. The molecule has 4 N–H and O–H groups in total. The Morgan fingerprint density at radius 1 is 1.23 bits per heavy atom. The van der Waals surface area contributed by atoms with Gasteiger partial charge in [-0.15, -0.1) is 0 Å². The lowest BCUT2D eigenvalue weighted by Gasteiger charge is -2.38. The van der Waals surface area contributed by atoms with Crippen LogP contribution in [0, 0.1) is 0 Å². The summed E-state index contributed by atoms with van der Waals surface area (Å²) in [5.41, 5.74) is -1.17. The summed E-state index contributed by atoms with van der Waals surface area (Å²) < 4.78 is 17.1. The van der Waals surface area contributed by atoms with E-state index in [4.69, 9.17) is 25.8 Å². The molecule has 2 aliphatic heterocycles. The number of aliphatic hydroxyl groups excluding tert-OH is 2. The van der Waals surface area contributed by atoms with Crippen LogP contribution in [0.25, 0.3) is 0 Å². The van der Waals surface area contributed by atoms with Gasteiger partial charge in [-0.05, 0) is 18.2 Å². The SMILES string of the molecule is O=C(N[C@@H]1CO[C@H](Cn2cc(Cl)c(=O)[nH]c2=O)[C@@H](O)[C@H]1O)c1ccc2c(c1)OCO2. The number of carbonyl (C=O) groups excluding carboxylic acids is 1. The first-order valence-corrected chi connectivity index (χ1v) is 9.39. The number of H-pyrrole nitrogens is 1. The number of halogens is 1. The fourth-order valence-electron chi connectivity index (χ4n) is 3.27. The zero-order valence-corrected chi connectivity index (χ0v) is 16.2. The molecule has 0 spiro atoms. The van der Waals surface area contributed by atoms with E-state index < -0.39 is 41.5 Å². The van der Waals surface area contributed by atoms with E-state index in [0.717, 1.165) is 10.8 Å². The van der Waals surface area contributed by atoms with E-state index in [1.165, 1.54) is 6.07 Å². The van der Waals surface area contributed by atoms with Crippen LogP contribution in [0.3, 0.4) is 0 Å². The maximum Gasteiger partial charge on any atom is 0.328 e. The van der Waals surface area contributed by atoms with Crippen molar-refractivity contribution in [3.63, 3.8) is 0 Å². The number of hydrogen-bond donors (Lipinski definition) is 4. The van der Waals surface area contributed by atoms with Crippen molar-refractivity contribution in [1.82, 2.24) is 14.9 Å². The van der Waals surface area contributed by atoms with Gasteiger partial charge in [-0.2, -0.15) is 0 Å². The number of fused-ring (bicyclic) bond motifs is 1. The Morgan fingerprint density at radius 2 is 2.00 bits per heavy atom. The molecule has 0 saturated carbocycles. The van der Waals surface area contributed by atoms with Gasteiger partial charge in [0.05, 0.1) is 19.2 Å². The standard InChI is InChI=1S/C18H18ClN3O8/c19-9-4-22(18(27)21-17(9)26)5-13-15(24)14(23)10(6-28-13)20-16(25)8-1-2-11-12(3-8)30-7-29-11/h1-4,10,13-15,23-24H,5-7H2,(H,20,25)(H,21,26,27)/t10-,13-,14+,15-/m1/s1. The van der Waals surface area contributed by atoms with Crippen molar-refractivity contribution >= 4 is 17.5 Å². The zero-order chi connectivity index (χ0) is 21.4. The van der Waals surface area contributed by atoms with Gasteiger partial charge in [0.1, 0.15) is 23.3 Å². The Hall–Kier alpha value is -2.86. The Balaban J connectivity index is 1.41. The molecule has 30 heavy (non-hydrogen) atoms. The molecular weight excluding hydrogens is 422 g/mol. The number of ether oxygens (including phenoxy) is 3. The molecule has 160 valence electrons. The van der Waals surface area contributed by atoms with Crippen molar-refractivity contribution in [2.24, 2.45) is 0 Å². The molecule has 0 bridgehead atoms. The number of benzene rings is 1. The van der Waals surface area contributed by atoms with E-state index in [1.807, 2.05) is 4.98 Å². The van der Waals surface area contributed by atoms with E-state index in [1.54, 1.807) is 12.1 Å². The summed E-state index contributed by atoms with van der Waals surface area (Å²) in [7, 11) is 0. The number of nitrogens with zero attached hydrogens (tertiary/aromatic N) is 1. The molecule has 0 radical (unpaired) electrons. The summed E-state index contributed by atoms with van der Waals surface area (Å²) in [6, 6.07) is 3.78. The fraction of sp³-hybridized carbons (Fsp3) is 0.389. The van der Waals surface area contributed by atoms with Gasteiger partial charge in [0.2, 0.25) is 6.79 Å². The predicted octanol–water partition coefficient (Wildman–Crippen LogP) is -1.16. The van der Waals surface area contributed by atoms with Gasteiger partial charge in [-0.3, -0.25) is 19.1 Å². The van der Waals surface area contributed by atoms with E-state index in [9.17, 15) is 24.6 Å². The third-order valence-electron chi connectivity index (χ3n) is 4.93. The van der Waals surface area contributed by atoms with Gasteiger partial charge in [-0.25, -0.2) is 4.79 Å². The lowest BCUT2D eigenvalue weighted by atomic mass is 9.97. The maximum absolute atomic E-state index is 12.5. The van der Waals surface area contributed by atoms with Gasteiger partial charge in [0, 0.05) is 11.8 Å². The average Bonchev–Trinajstić information content (AvgIpc) is 3.19. The van der Waals surface area contributed by atoms with Crippen molar-refractivity contribution in [2.75, 3.05) is 13.4 Å². The minimum absolute atomic E-state index is 0.0762. The van der Waals surface area contributed by atoms with Crippen LogP contribution in [0.15, 0.2) is 34.0 Å². The van der Waals surface area contributed by atoms with Crippen LogP contribution in [-0.2, 0) is 11.3 Å². The smallest absolute Gasteiger partial charge is 0.328 e. The van der Waals surface area contributed by atoms with Crippen molar-refractivity contribution in [3.8, 4) is 11.5 Å². The quantitative estimate of drug-likeness (QED) is 0.465. The van der Waals surface area contributed by atoms with Crippen LogP contribution in [0.5, 0.6) is 11.5 Å². The van der Waals surface area contributed by atoms with Gasteiger partial charge < -0.3 is 29.7 Å². The summed E-state index contributed by atoms with van der Waals surface area (Å²) >= 11 is 5.72. The molecule has 2 aromatic rings. The number of carbonyl (C=O) groups is 1. The molecule has 2 aliphatic rings. The Bertz CT molecular complexity index is 1080. The Labute approximate surface area is 173 Å². The van der Waals surface area contributed by atoms with E-state index in [-0.39, 0.29) is 30.5 Å². The lowest BCUT2D eigenvalue weighted by molar-refractivity contribution is -0.152. The zero-order valence-electron chi connectivity index (χ0n) is 15.4. The molecule has 0 unspecified atom stereocenters. The Kier molecular flexibility index (Phi) is 5.52. The topological polar surface area (TPSA) is 152 Å². The molecule has 4 atom stereocenters. The average molecular weight is 440 g/mol. The number of aliphatic hydroxyl groups is 2. The van der Waals surface area contributed by atoms with E-state index in [2.05, 4.69) is 5.32 Å². The third kappa shape index (κ3) is 3.92. The molecule has 1 fully saturated rings. The second kappa shape index (κ2) is 8.11. The molecule has 4 rings (SSSR count). The van der Waals surface area contributed by atoms with Crippen molar-refractivity contribution in [2.45, 2.75) is 30.9 Å². The minimum Gasteiger partial charge on any atom is -0.454 e. The highest BCUT2D eigenvalue weighted by atomic mass is 35.5. The number of nitrogens with one attached hydrogen (secondary N) is 2. The van der Waals surface area contributed by atoms with Crippen molar-refractivity contribution in [1.29, 1.82) is 0 Å². The van der Waals surface area contributed by atoms with E-state index >= 15 is 0 Å². The monoisotopic (exact) mass is 439 g/mol. The lowest BCUT2D eigenvalue weighted by Crippen LogP contribution is -2.60. The van der Waals surface area contributed by atoms with Crippen LogP contribution in [0.1, 0.15) is 10.4 Å². The van der Waals surface area contributed by atoms with Gasteiger partial charge in [-0.1, -0.05) is 11.6 Å². The van der Waals surface area contributed by atoms with Crippen LogP contribution in [0.2, 0.25) is 5.02 Å². The molecule has 1 amide bonds. The van der Waals surface area contributed by atoms with Crippen LogP contribution in [0.4, 0.5) is 0 Å². The number of amides is 1. The van der Waals surface area contributed by atoms with Crippen LogP contribution >= 0.6 is 11.6 Å². The molecule has 0 aliphatic carbocycles. The maximum atomic E-state index is 12.5. The first kappa shape index (κ1) is 20.4. The normalized spacial score (nSPS) is 25.2. The summed E-state index contributed by atoms with van der Waals surface area (Å²) in [6.45, 7) is -0.186. The van der Waals surface area contributed by atoms with Gasteiger partial charge in [0.25, 0.3) is 11.5 Å². The summed E-state index contributed by atoms with van der Waals surface area (Å²) in [5.74, 6) is 0.479. The number of aromatic amines is 1. The predicted molar refractivity (Wildman–Crippen MR) is 102 cm³/mol. The highest BCUT2D eigenvalue weighted by Gasteiger charge is 2.39. The molecule has 11 nitrogen and oxygen atoms in total. The summed E-state index contributed by atoms with van der Waals surface area (Å²) in [5, 5.41) is 23.3. The third-order valence-corrected chi connectivity index (χ3v) is 5.20. The second-order valence-electron chi connectivity index (χ2n) is 6.89. The minimum atomic E-state index is -1.40. The molecule has 1 aromatic heterocycles. The van der Waals surface area contributed by atoms with Gasteiger partial charge >= 0.3 is 5.69 Å². The Morgan fingerprint density at radius 3 is 2.80 bits per heavy atom. The van der Waals surface area contributed by atoms with Crippen molar-refractivity contribution in [3.05, 3.63) is 55.8 Å². The molecule has 3 heterocycles. The molecule has 12 heteroatoms.